The first kappa shape index (κ1) is 24.4. The summed E-state index contributed by atoms with van der Waals surface area (Å²) in [6.07, 6.45) is 0. The summed E-state index contributed by atoms with van der Waals surface area (Å²) in [4.78, 5) is 0. The molecule has 0 unspecified atom stereocenters. The van der Waals surface area contributed by atoms with E-state index in [0.717, 1.165) is 0 Å². The zero-order valence-electron chi connectivity index (χ0n) is 1.83. The summed E-state index contributed by atoms with van der Waals surface area (Å²) < 4.78 is 0. The van der Waals surface area contributed by atoms with Gasteiger partial charge < -0.3 is 0 Å². The second kappa shape index (κ2) is 15.7. The summed E-state index contributed by atoms with van der Waals surface area (Å²) in [7, 11) is 0. The molecule has 0 aromatic rings. The molecule has 0 amide bonds. The molecule has 0 heterocycles. The number of rotatable bonds is 0. The molecule has 0 aliphatic carbocycles. The standard InChI is InChI=1S/Ag.Ce.Sb.Y. The van der Waals surface area contributed by atoms with Crippen LogP contribution >= 0.6 is 0 Å². The number of hydrogen-bond acceptors (Lipinski definition) is 0. The van der Waals surface area contributed by atoms with E-state index in [2.05, 4.69) is 0 Å². The molecular formula is AgCeSbY. The van der Waals surface area contributed by atoms with Crippen molar-refractivity contribution in [1.82, 2.24) is 0 Å². The van der Waals surface area contributed by atoms with E-state index in [4.69, 9.17) is 0 Å². The average Bonchev–Trinajstić information content (AvgIpc) is 0. The molecule has 0 bridgehead atoms. The van der Waals surface area contributed by atoms with E-state index in [1.54, 1.807) is 0 Å². The topological polar surface area (TPSA) is 0 Å². The van der Waals surface area contributed by atoms with Crippen molar-refractivity contribution in [3.63, 3.8) is 0 Å². The van der Waals surface area contributed by atoms with Crippen LogP contribution in [0.3, 0.4) is 0 Å². The predicted molar refractivity (Wildman–Crippen MR) is 5.75 cm³/mol. The van der Waals surface area contributed by atoms with E-state index in [1.807, 2.05) is 0 Å². The van der Waals surface area contributed by atoms with Crippen LogP contribution in [0.5, 0.6) is 0 Å². The van der Waals surface area contributed by atoms with Gasteiger partial charge in [-0.2, -0.15) is 0 Å². The van der Waals surface area contributed by atoms with Crippen molar-refractivity contribution in [2.45, 2.75) is 0 Å². The number of hydrogen-bond donors (Lipinski definition) is 0. The Morgan fingerprint density at radius 3 is 1.00 bits per heavy atom. The van der Waals surface area contributed by atoms with Crippen molar-refractivity contribution in [2.24, 2.45) is 0 Å². The van der Waals surface area contributed by atoms with Crippen LogP contribution < -0.4 is 0 Å². The van der Waals surface area contributed by atoms with Crippen LogP contribution in [-0.2, 0) is 55.1 Å². The molecule has 0 fully saturated rings. The molecule has 5 radical (unpaired) electrons. The summed E-state index contributed by atoms with van der Waals surface area (Å²) in [5.74, 6) is 0. The Bertz CT molecular complexity index is 8.00. The first-order valence-electron chi connectivity index (χ1n) is 0. The van der Waals surface area contributed by atoms with Gasteiger partial charge in [0.1, 0.15) is 0 Å². The minimum atomic E-state index is 0. The fourth-order valence-corrected chi connectivity index (χ4v) is 0. The van der Waals surface area contributed by atoms with Gasteiger partial charge in [0.05, 0.1) is 0 Å². The van der Waals surface area contributed by atoms with Crippen LogP contribution in [0.1, 0.15) is 0 Å². The molecule has 0 saturated heterocycles. The van der Waals surface area contributed by atoms with Gasteiger partial charge in [0.15, 0.2) is 0 Å². The smallest absolute Gasteiger partial charge is 0 e. The fraction of sp³-hybridized carbons (Fsp3) is 0. The maximum atomic E-state index is 0. The van der Waals surface area contributed by atoms with E-state index < -0.39 is 0 Å². The Labute approximate surface area is 118 Å². The molecule has 4 heavy (non-hydrogen) atoms. The van der Waals surface area contributed by atoms with Crippen molar-refractivity contribution in [2.75, 3.05) is 0 Å². The van der Waals surface area contributed by atoms with Gasteiger partial charge in [0, 0.05) is 121 Å². The van der Waals surface area contributed by atoms with E-state index in [1.165, 1.54) is 0 Å². The second-order valence-electron chi connectivity index (χ2n) is 0. The van der Waals surface area contributed by atoms with E-state index in [0.29, 0.717) is 0 Å². The zero-order valence-corrected chi connectivity index (χ0v) is 11.8. The molecule has 4 heteroatoms. The summed E-state index contributed by atoms with van der Waals surface area (Å²) in [6.45, 7) is 0. The Hall–Kier alpha value is 4.04. The molecular weight excluding hydrogens is 459 g/mol. The van der Waals surface area contributed by atoms with Gasteiger partial charge in [0.2, 0.25) is 0 Å². The zero-order chi connectivity index (χ0) is 0. The van der Waals surface area contributed by atoms with Gasteiger partial charge in [-0.15, -0.1) is 0 Å². The normalized spacial score (nSPS) is 0. The molecule has 0 N–H and O–H groups in total. The molecule has 0 aromatic carbocycles. The Morgan fingerprint density at radius 1 is 1.00 bits per heavy atom. The molecule has 0 nitrogen and oxygen atoms in total. The third-order valence-corrected chi connectivity index (χ3v) is 0. The third kappa shape index (κ3) is 9.40. The fourth-order valence-electron chi connectivity index (χ4n) is 0. The maximum Gasteiger partial charge on any atom is 0 e. The third-order valence-electron chi connectivity index (χ3n) is 0. The van der Waals surface area contributed by atoms with Crippen molar-refractivity contribution < 1.29 is 96.8 Å². The monoisotopic (exact) mass is 457 g/mol. The second-order valence-corrected chi connectivity index (χ2v) is 0. The molecule has 23 valence electrons. The Kier molecular flexibility index (Phi) is 96.1. The van der Waals surface area contributed by atoms with Crippen molar-refractivity contribution in [1.29, 1.82) is 0 Å². The molecule has 0 saturated carbocycles. The van der Waals surface area contributed by atoms with Crippen molar-refractivity contribution in [3.05, 3.63) is 0 Å². The van der Waals surface area contributed by atoms with Crippen molar-refractivity contribution in [3.8, 4) is 0 Å². The largest absolute Gasteiger partial charge is 0 e. The first-order chi connectivity index (χ1) is 0. The molecule has 0 aromatic heterocycles. The predicted octanol–water partition coefficient (Wildman–Crippen LogP) is -0.386. The van der Waals surface area contributed by atoms with Gasteiger partial charge >= 0.3 is 0 Å². The minimum absolute atomic E-state index is 0. The van der Waals surface area contributed by atoms with Crippen LogP contribution in [0.25, 0.3) is 0 Å². The summed E-state index contributed by atoms with van der Waals surface area (Å²) in [6, 6.07) is 0. The summed E-state index contributed by atoms with van der Waals surface area (Å²) >= 11 is 0. The minimum Gasteiger partial charge on any atom is 0 e. The molecule has 0 spiro atoms. The van der Waals surface area contributed by atoms with E-state index in [9.17, 15) is 0 Å². The molecule has 0 atom stereocenters. The quantitative estimate of drug-likeness (QED) is 0.434. The molecule has 0 rings (SSSR count). The SMILES string of the molecule is [Ag].[Ce].[Sb].[Y]. The van der Waals surface area contributed by atoms with Crippen LogP contribution in [0.15, 0.2) is 0 Å². The summed E-state index contributed by atoms with van der Waals surface area (Å²) in [5.41, 5.74) is 0. The Morgan fingerprint density at radius 2 is 1.00 bits per heavy atom. The van der Waals surface area contributed by atoms with Crippen molar-refractivity contribution >= 4 is 24.4 Å². The van der Waals surface area contributed by atoms with Crippen LogP contribution in [0, 0.1) is 41.7 Å². The molecule has 0 aliphatic heterocycles. The maximum absolute atomic E-state index is 0. The van der Waals surface area contributed by atoms with Gasteiger partial charge in [-0.3, -0.25) is 0 Å². The van der Waals surface area contributed by atoms with Gasteiger partial charge in [0.25, 0.3) is 0 Å². The van der Waals surface area contributed by atoms with Gasteiger partial charge in [-0.25, -0.2) is 0 Å². The average molecular weight is 459 g/mol. The summed E-state index contributed by atoms with van der Waals surface area (Å²) in [5, 5.41) is 0. The Balaban J connectivity index is 0. The van der Waals surface area contributed by atoms with Gasteiger partial charge in [-0.1, -0.05) is 0 Å². The van der Waals surface area contributed by atoms with E-state index >= 15 is 0 Å². The van der Waals surface area contributed by atoms with E-state index in [-0.39, 0.29) is 121 Å². The van der Waals surface area contributed by atoms with Gasteiger partial charge in [-0.05, 0) is 0 Å². The first-order valence-corrected chi connectivity index (χ1v) is 0. The van der Waals surface area contributed by atoms with Crippen LogP contribution in [-0.4, -0.2) is 24.4 Å². The van der Waals surface area contributed by atoms with Crippen LogP contribution in [0.4, 0.5) is 0 Å². The molecule has 0 aliphatic rings. The van der Waals surface area contributed by atoms with Crippen LogP contribution in [0.2, 0.25) is 0 Å².